The van der Waals surface area contributed by atoms with Gasteiger partial charge in [0.1, 0.15) is 11.6 Å². The molecule has 0 heterocycles. The van der Waals surface area contributed by atoms with E-state index in [-0.39, 0.29) is 17.9 Å². The van der Waals surface area contributed by atoms with Crippen molar-refractivity contribution in [3.05, 3.63) is 58.9 Å². The number of halogens is 1. The van der Waals surface area contributed by atoms with E-state index in [4.69, 9.17) is 5.73 Å². The van der Waals surface area contributed by atoms with Crippen LogP contribution in [-0.2, 0) is 6.54 Å². The molecule has 0 atom stereocenters. The number of carbonyl (C=O) groups is 1. The molecule has 0 saturated heterocycles. The molecule has 2 aromatic carbocycles. The van der Waals surface area contributed by atoms with Crippen LogP contribution in [0.2, 0.25) is 0 Å². The predicted octanol–water partition coefficient (Wildman–Crippen LogP) is 2.55. The van der Waals surface area contributed by atoms with E-state index in [1.807, 2.05) is 6.92 Å². The number of amides is 1. The van der Waals surface area contributed by atoms with E-state index in [1.165, 1.54) is 24.3 Å². The minimum absolute atomic E-state index is 0.0469. The molecule has 0 radical (unpaired) electrons. The number of phenolic OH excluding ortho intramolecular Hbond substituents is 1. The molecule has 2 aromatic rings. The first-order chi connectivity index (χ1) is 9.51. The van der Waals surface area contributed by atoms with E-state index in [9.17, 15) is 14.3 Å². The molecule has 0 bridgehead atoms. The molecule has 4 N–H and O–H groups in total. The zero-order chi connectivity index (χ0) is 14.7. The predicted molar refractivity (Wildman–Crippen MR) is 75.1 cm³/mol. The third-order valence-electron chi connectivity index (χ3n) is 2.92. The van der Waals surface area contributed by atoms with Gasteiger partial charge in [0.05, 0.1) is 5.56 Å². The number of benzene rings is 2. The van der Waals surface area contributed by atoms with Gasteiger partial charge in [-0.1, -0.05) is 11.6 Å². The molecule has 4 nitrogen and oxygen atoms in total. The Hall–Kier alpha value is -2.40. The number of nitrogens with one attached hydrogen (secondary N) is 1. The maximum atomic E-state index is 13.3. The number of anilines is 1. The van der Waals surface area contributed by atoms with Gasteiger partial charge in [-0.3, -0.25) is 4.79 Å². The molecule has 20 heavy (non-hydrogen) atoms. The summed E-state index contributed by atoms with van der Waals surface area (Å²) in [4.78, 5) is 12.1. The molecular weight excluding hydrogens is 259 g/mol. The number of aryl methyl sites for hydroxylation is 1. The van der Waals surface area contributed by atoms with Crippen molar-refractivity contribution in [3.63, 3.8) is 0 Å². The molecule has 0 aliphatic carbocycles. The quantitative estimate of drug-likeness (QED) is 0.805. The molecule has 0 saturated carbocycles. The fourth-order valence-corrected chi connectivity index (χ4v) is 1.84. The zero-order valence-electron chi connectivity index (χ0n) is 11.0. The number of hydrogen-bond acceptors (Lipinski definition) is 3. The highest BCUT2D eigenvalue weighted by Crippen LogP contribution is 2.21. The lowest BCUT2D eigenvalue weighted by molar-refractivity contribution is 0.102. The normalized spacial score (nSPS) is 10.3. The fourth-order valence-electron chi connectivity index (χ4n) is 1.84. The van der Waals surface area contributed by atoms with Crippen LogP contribution in [0.15, 0.2) is 36.4 Å². The van der Waals surface area contributed by atoms with Crippen LogP contribution in [-0.4, -0.2) is 11.0 Å². The van der Waals surface area contributed by atoms with Crippen LogP contribution in [0.3, 0.4) is 0 Å². The van der Waals surface area contributed by atoms with E-state index < -0.39 is 11.7 Å². The summed E-state index contributed by atoms with van der Waals surface area (Å²) in [6, 6.07) is 8.90. The smallest absolute Gasteiger partial charge is 0.259 e. The average molecular weight is 274 g/mol. The second-order valence-corrected chi connectivity index (χ2v) is 4.49. The molecule has 0 unspecified atom stereocenters. The maximum Gasteiger partial charge on any atom is 0.259 e. The third-order valence-corrected chi connectivity index (χ3v) is 2.92. The van der Waals surface area contributed by atoms with E-state index in [0.29, 0.717) is 11.3 Å². The van der Waals surface area contributed by atoms with Gasteiger partial charge in [0.25, 0.3) is 5.91 Å². The monoisotopic (exact) mass is 274 g/mol. The molecule has 0 aliphatic heterocycles. The lowest BCUT2D eigenvalue weighted by Crippen LogP contribution is -2.13. The Labute approximate surface area is 116 Å². The summed E-state index contributed by atoms with van der Waals surface area (Å²) < 4.78 is 13.3. The van der Waals surface area contributed by atoms with Crippen LogP contribution < -0.4 is 11.1 Å². The number of carbonyl (C=O) groups excluding carboxylic acids is 1. The fraction of sp³-hybridized carbons (Fsp3) is 0.133. The van der Waals surface area contributed by atoms with Gasteiger partial charge in [0.2, 0.25) is 0 Å². The molecule has 5 heteroatoms. The van der Waals surface area contributed by atoms with Crippen LogP contribution in [0.4, 0.5) is 10.1 Å². The first-order valence-electron chi connectivity index (χ1n) is 6.10. The van der Waals surface area contributed by atoms with Crippen molar-refractivity contribution in [2.75, 3.05) is 5.32 Å². The maximum absolute atomic E-state index is 13.3. The number of nitrogens with two attached hydrogens (primary N) is 1. The van der Waals surface area contributed by atoms with E-state index in [2.05, 4.69) is 5.32 Å². The second-order valence-electron chi connectivity index (χ2n) is 4.49. The van der Waals surface area contributed by atoms with Gasteiger partial charge in [-0.25, -0.2) is 4.39 Å². The highest BCUT2D eigenvalue weighted by Gasteiger charge is 2.12. The molecular formula is C15H15FN2O2. The molecule has 1 amide bonds. The highest BCUT2D eigenvalue weighted by atomic mass is 19.1. The molecule has 0 spiro atoms. The standard InChI is InChI=1S/C15H15FN2O2/c1-9-2-5-14(19)12(6-9)15(20)18-11-3-4-13(16)10(7-11)8-17/h2-7,19H,8,17H2,1H3,(H,18,20). The van der Waals surface area contributed by atoms with Gasteiger partial charge in [-0.05, 0) is 37.3 Å². The summed E-state index contributed by atoms with van der Waals surface area (Å²) in [6.07, 6.45) is 0. The lowest BCUT2D eigenvalue weighted by atomic mass is 10.1. The summed E-state index contributed by atoms with van der Waals surface area (Å²) in [5.74, 6) is -0.973. The molecule has 104 valence electrons. The number of aromatic hydroxyl groups is 1. The molecule has 0 aliphatic rings. The Bertz CT molecular complexity index is 656. The van der Waals surface area contributed by atoms with Crippen LogP contribution in [0.5, 0.6) is 5.75 Å². The summed E-state index contributed by atoms with van der Waals surface area (Å²) in [7, 11) is 0. The second kappa shape index (κ2) is 5.71. The average Bonchev–Trinajstić information content (AvgIpc) is 2.43. The number of hydrogen-bond donors (Lipinski definition) is 3. The first kappa shape index (κ1) is 14.0. The minimum atomic E-state index is -0.458. The van der Waals surface area contributed by atoms with E-state index in [1.54, 1.807) is 12.1 Å². The van der Waals surface area contributed by atoms with E-state index in [0.717, 1.165) is 5.56 Å². The highest BCUT2D eigenvalue weighted by molar-refractivity contribution is 6.06. The van der Waals surface area contributed by atoms with Crippen molar-refractivity contribution >= 4 is 11.6 Å². The van der Waals surface area contributed by atoms with Crippen molar-refractivity contribution in [2.45, 2.75) is 13.5 Å². The first-order valence-corrected chi connectivity index (χ1v) is 6.10. The van der Waals surface area contributed by atoms with Crippen molar-refractivity contribution < 1.29 is 14.3 Å². The van der Waals surface area contributed by atoms with Gasteiger partial charge < -0.3 is 16.2 Å². The zero-order valence-corrected chi connectivity index (χ0v) is 11.0. The van der Waals surface area contributed by atoms with Gasteiger partial charge in [-0.15, -0.1) is 0 Å². The summed E-state index contributed by atoms with van der Waals surface area (Å²) >= 11 is 0. The Kier molecular flexibility index (Phi) is 4.00. The van der Waals surface area contributed by atoms with Crippen LogP contribution >= 0.6 is 0 Å². The topological polar surface area (TPSA) is 75.3 Å². The largest absolute Gasteiger partial charge is 0.507 e. The Morgan fingerprint density at radius 2 is 2.05 bits per heavy atom. The SMILES string of the molecule is Cc1ccc(O)c(C(=O)Nc2ccc(F)c(CN)c2)c1. The van der Waals surface area contributed by atoms with Gasteiger partial charge >= 0.3 is 0 Å². The van der Waals surface area contributed by atoms with Gasteiger partial charge in [0, 0.05) is 17.8 Å². The molecule has 2 rings (SSSR count). The summed E-state index contributed by atoms with van der Waals surface area (Å²) in [5, 5.41) is 12.3. The Morgan fingerprint density at radius 3 is 2.75 bits per heavy atom. The van der Waals surface area contributed by atoms with Crippen molar-refractivity contribution in [1.29, 1.82) is 0 Å². The molecule has 0 aromatic heterocycles. The van der Waals surface area contributed by atoms with Crippen LogP contribution in [0.25, 0.3) is 0 Å². The number of phenols is 1. The van der Waals surface area contributed by atoms with Gasteiger partial charge in [0.15, 0.2) is 0 Å². The minimum Gasteiger partial charge on any atom is -0.507 e. The Morgan fingerprint density at radius 1 is 1.30 bits per heavy atom. The lowest BCUT2D eigenvalue weighted by Gasteiger charge is -2.09. The van der Waals surface area contributed by atoms with E-state index >= 15 is 0 Å². The molecule has 0 fully saturated rings. The van der Waals surface area contributed by atoms with Crippen molar-refractivity contribution in [2.24, 2.45) is 5.73 Å². The number of rotatable bonds is 3. The third kappa shape index (κ3) is 2.95. The Balaban J connectivity index is 2.25. The van der Waals surface area contributed by atoms with Crippen LogP contribution in [0, 0.1) is 12.7 Å². The van der Waals surface area contributed by atoms with Crippen molar-refractivity contribution in [1.82, 2.24) is 0 Å². The van der Waals surface area contributed by atoms with Crippen molar-refractivity contribution in [3.8, 4) is 5.75 Å². The van der Waals surface area contributed by atoms with Gasteiger partial charge in [-0.2, -0.15) is 0 Å². The summed E-state index contributed by atoms with van der Waals surface area (Å²) in [5.41, 5.74) is 7.18. The summed E-state index contributed by atoms with van der Waals surface area (Å²) in [6.45, 7) is 1.87. The van der Waals surface area contributed by atoms with Crippen LogP contribution in [0.1, 0.15) is 21.5 Å².